The molecule has 4 rings (SSSR count). The van der Waals surface area contributed by atoms with Crippen molar-refractivity contribution in [3.63, 3.8) is 0 Å². The summed E-state index contributed by atoms with van der Waals surface area (Å²) in [7, 11) is 3.54. The van der Waals surface area contributed by atoms with Crippen molar-refractivity contribution in [1.82, 2.24) is 14.8 Å². The summed E-state index contributed by atoms with van der Waals surface area (Å²) in [6.45, 7) is 6.38. The Labute approximate surface area is 171 Å². The van der Waals surface area contributed by atoms with Crippen LogP contribution in [0.15, 0.2) is 48.5 Å². The number of ether oxygens (including phenoxy) is 1. The highest BCUT2D eigenvalue weighted by Gasteiger charge is 2.29. The highest BCUT2D eigenvalue weighted by atomic mass is 16.5. The van der Waals surface area contributed by atoms with E-state index in [9.17, 15) is 4.79 Å². The van der Waals surface area contributed by atoms with E-state index in [0.717, 1.165) is 46.6 Å². The second-order valence-electron chi connectivity index (χ2n) is 7.83. The molecule has 1 aromatic heterocycles. The van der Waals surface area contributed by atoms with Crippen molar-refractivity contribution in [2.45, 2.75) is 26.4 Å². The summed E-state index contributed by atoms with van der Waals surface area (Å²) in [5, 5.41) is 1.12. The first kappa shape index (κ1) is 19.4. The van der Waals surface area contributed by atoms with E-state index in [1.54, 1.807) is 7.11 Å². The lowest BCUT2D eigenvalue weighted by Crippen LogP contribution is -2.53. The number of likely N-dealkylation sites (N-methyl/N-ethyl adjacent to an activating group) is 1. The molecule has 150 valence electrons. The molecule has 1 saturated heterocycles. The molecular weight excluding hydrogens is 362 g/mol. The Hall–Kier alpha value is -2.92. The molecule has 29 heavy (non-hydrogen) atoms. The van der Waals surface area contributed by atoms with Crippen LogP contribution in [-0.4, -0.2) is 54.0 Å². The number of rotatable bonds is 4. The molecule has 0 radical (unpaired) electrons. The molecule has 0 unspecified atom stereocenters. The third kappa shape index (κ3) is 3.83. The van der Waals surface area contributed by atoms with Crippen molar-refractivity contribution in [3.05, 3.63) is 59.7 Å². The summed E-state index contributed by atoms with van der Waals surface area (Å²) < 4.78 is 5.31. The van der Waals surface area contributed by atoms with Crippen LogP contribution in [0.3, 0.4) is 0 Å². The normalized spacial score (nSPS) is 17.7. The molecule has 1 amide bonds. The first-order valence-electron chi connectivity index (χ1n) is 10.00. The van der Waals surface area contributed by atoms with Gasteiger partial charge in [-0.2, -0.15) is 0 Å². The second-order valence-corrected chi connectivity index (χ2v) is 7.83. The zero-order valence-electron chi connectivity index (χ0n) is 17.5. The summed E-state index contributed by atoms with van der Waals surface area (Å²) in [5.74, 6) is 0.997. The average Bonchev–Trinajstić information content (AvgIpc) is 2.74. The highest BCUT2D eigenvalue weighted by molar-refractivity contribution is 5.84. The van der Waals surface area contributed by atoms with Gasteiger partial charge in [0.25, 0.3) is 0 Å². The van der Waals surface area contributed by atoms with Crippen molar-refractivity contribution in [1.29, 1.82) is 0 Å². The van der Waals surface area contributed by atoms with Crippen LogP contribution in [0.25, 0.3) is 22.2 Å². The van der Waals surface area contributed by atoms with E-state index in [0.29, 0.717) is 6.54 Å². The number of carbonyl (C=O) groups is 1. The molecule has 0 saturated carbocycles. The molecule has 2 heterocycles. The van der Waals surface area contributed by atoms with E-state index in [2.05, 4.69) is 36.1 Å². The SMILES string of the molecule is COc1ccc(-c2nc3cc(C)ccc3cc2CN2CCN(C)C(=O)[C@H]2C)cc1. The van der Waals surface area contributed by atoms with Crippen LogP contribution in [0.5, 0.6) is 5.75 Å². The summed E-state index contributed by atoms with van der Waals surface area (Å²) in [6, 6.07) is 16.5. The van der Waals surface area contributed by atoms with E-state index in [-0.39, 0.29) is 11.9 Å². The fourth-order valence-electron chi connectivity index (χ4n) is 3.93. The Kier molecular flexibility index (Phi) is 5.24. The number of aryl methyl sites for hydroxylation is 1. The number of pyridine rings is 1. The Morgan fingerprint density at radius 2 is 1.86 bits per heavy atom. The standard InChI is InChI=1S/C24H27N3O2/c1-16-5-6-19-14-20(15-27-12-11-26(3)24(28)17(27)2)23(25-22(19)13-16)18-7-9-21(29-4)10-8-18/h5-10,13-14,17H,11-12,15H2,1-4H3/t17-/m1/s1. The summed E-state index contributed by atoms with van der Waals surface area (Å²) in [4.78, 5) is 21.5. The second kappa shape index (κ2) is 7.84. The van der Waals surface area contributed by atoms with E-state index in [4.69, 9.17) is 9.72 Å². The molecule has 0 N–H and O–H groups in total. The quantitative estimate of drug-likeness (QED) is 0.679. The van der Waals surface area contributed by atoms with Gasteiger partial charge in [-0.1, -0.05) is 12.1 Å². The molecule has 1 atom stereocenters. The zero-order chi connectivity index (χ0) is 20.5. The first-order valence-corrected chi connectivity index (χ1v) is 10.00. The lowest BCUT2D eigenvalue weighted by Gasteiger charge is -2.37. The molecular formula is C24H27N3O2. The molecule has 5 heteroatoms. The largest absolute Gasteiger partial charge is 0.497 e. The predicted molar refractivity (Wildman–Crippen MR) is 116 cm³/mol. The highest BCUT2D eigenvalue weighted by Crippen LogP contribution is 2.29. The Morgan fingerprint density at radius 3 is 2.59 bits per heavy atom. The van der Waals surface area contributed by atoms with Crippen molar-refractivity contribution < 1.29 is 9.53 Å². The fraction of sp³-hybridized carbons (Fsp3) is 0.333. The van der Waals surface area contributed by atoms with E-state index >= 15 is 0 Å². The van der Waals surface area contributed by atoms with Crippen molar-refractivity contribution >= 4 is 16.8 Å². The number of fused-ring (bicyclic) bond motifs is 1. The van der Waals surface area contributed by atoms with Crippen LogP contribution in [0.2, 0.25) is 0 Å². The minimum absolute atomic E-state index is 0.133. The van der Waals surface area contributed by atoms with Crippen LogP contribution < -0.4 is 4.74 Å². The van der Waals surface area contributed by atoms with Crippen molar-refractivity contribution in [2.75, 3.05) is 27.2 Å². The number of benzene rings is 2. The van der Waals surface area contributed by atoms with Gasteiger partial charge >= 0.3 is 0 Å². The number of amides is 1. The fourth-order valence-corrected chi connectivity index (χ4v) is 3.93. The molecule has 1 fully saturated rings. The maximum Gasteiger partial charge on any atom is 0.239 e. The van der Waals surface area contributed by atoms with Crippen molar-refractivity contribution in [3.8, 4) is 17.0 Å². The third-order valence-electron chi connectivity index (χ3n) is 5.79. The summed E-state index contributed by atoms with van der Waals surface area (Å²) >= 11 is 0. The summed E-state index contributed by atoms with van der Waals surface area (Å²) in [5.41, 5.74) is 5.33. The topological polar surface area (TPSA) is 45.7 Å². The molecule has 0 aliphatic carbocycles. The smallest absolute Gasteiger partial charge is 0.239 e. The van der Waals surface area contributed by atoms with E-state index in [1.165, 1.54) is 5.56 Å². The van der Waals surface area contributed by atoms with Gasteiger partial charge < -0.3 is 9.64 Å². The number of aromatic nitrogens is 1. The molecule has 3 aromatic rings. The lowest BCUT2D eigenvalue weighted by molar-refractivity contribution is -0.139. The Bertz CT molecular complexity index is 1050. The minimum Gasteiger partial charge on any atom is -0.497 e. The molecule has 0 spiro atoms. The number of hydrogen-bond acceptors (Lipinski definition) is 4. The van der Waals surface area contributed by atoms with Gasteiger partial charge in [0.1, 0.15) is 5.75 Å². The molecule has 0 bridgehead atoms. The van der Waals surface area contributed by atoms with Crippen LogP contribution in [0, 0.1) is 6.92 Å². The van der Waals surface area contributed by atoms with E-state index in [1.807, 2.05) is 43.1 Å². The van der Waals surface area contributed by atoms with Crippen molar-refractivity contribution in [2.24, 2.45) is 0 Å². The van der Waals surface area contributed by atoms with E-state index < -0.39 is 0 Å². The monoisotopic (exact) mass is 389 g/mol. The van der Waals surface area contributed by atoms with Crippen LogP contribution in [0.1, 0.15) is 18.1 Å². The first-order chi connectivity index (χ1) is 14.0. The summed E-state index contributed by atoms with van der Waals surface area (Å²) in [6.07, 6.45) is 0. The van der Waals surface area contributed by atoms with Gasteiger partial charge in [-0.25, -0.2) is 4.98 Å². The van der Waals surface area contributed by atoms with Crippen LogP contribution >= 0.6 is 0 Å². The van der Waals surface area contributed by atoms with Crippen LogP contribution in [0.4, 0.5) is 0 Å². The van der Waals surface area contributed by atoms with Gasteiger partial charge in [0, 0.05) is 37.6 Å². The Balaban J connectivity index is 1.78. The van der Waals surface area contributed by atoms with Gasteiger partial charge in [0.2, 0.25) is 5.91 Å². The zero-order valence-corrected chi connectivity index (χ0v) is 17.5. The van der Waals surface area contributed by atoms with Crippen LogP contribution in [-0.2, 0) is 11.3 Å². The minimum atomic E-state index is -0.133. The number of methoxy groups -OCH3 is 1. The van der Waals surface area contributed by atoms with Gasteiger partial charge in [0.15, 0.2) is 0 Å². The molecule has 1 aliphatic rings. The van der Waals surface area contributed by atoms with Gasteiger partial charge in [0.05, 0.1) is 24.4 Å². The predicted octanol–water partition coefficient (Wildman–Crippen LogP) is 3.88. The number of carbonyl (C=O) groups excluding carboxylic acids is 1. The number of piperazine rings is 1. The Morgan fingerprint density at radius 1 is 1.10 bits per heavy atom. The number of nitrogens with zero attached hydrogens (tertiary/aromatic N) is 3. The maximum absolute atomic E-state index is 12.5. The van der Waals surface area contributed by atoms with Gasteiger partial charge in [-0.15, -0.1) is 0 Å². The van der Waals surface area contributed by atoms with Gasteiger partial charge in [-0.05, 0) is 61.4 Å². The molecule has 1 aliphatic heterocycles. The maximum atomic E-state index is 12.5. The number of hydrogen-bond donors (Lipinski definition) is 0. The molecule has 2 aromatic carbocycles. The third-order valence-corrected chi connectivity index (χ3v) is 5.79. The lowest BCUT2D eigenvalue weighted by atomic mass is 10.0. The average molecular weight is 389 g/mol. The molecule has 5 nitrogen and oxygen atoms in total. The van der Waals surface area contributed by atoms with Gasteiger partial charge in [-0.3, -0.25) is 9.69 Å².